The minimum atomic E-state index is 0.241. The summed E-state index contributed by atoms with van der Waals surface area (Å²) in [4.78, 5) is 18.8. The molecule has 194 valence electrons. The lowest BCUT2D eigenvalue weighted by Gasteiger charge is -2.50. The number of fused-ring (bicyclic) bond motifs is 1. The molecule has 5 aliphatic heterocycles. The molecule has 8 unspecified atom stereocenters. The second kappa shape index (κ2) is 11.7. The van der Waals surface area contributed by atoms with Gasteiger partial charge in [-0.3, -0.25) is 14.6 Å². The SMILES string of the molecule is CC1CN2CCCC3CCCCCCC4OC5C(CCCCCC(C1=O)C32)CCCN5CC4C. The van der Waals surface area contributed by atoms with Crippen molar-refractivity contribution in [3.05, 3.63) is 0 Å². The molecule has 5 aliphatic rings. The van der Waals surface area contributed by atoms with Crippen LogP contribution >= 0.6 is 0 Å². The zero-order valence-electron chi connectivity index (χ0n) is 22.3. The summed E-state index contributed by atoms with van der Waals surface area (Å²) >= 11 is 0. The molecule has 4 nitrogen and oxygen atoms in total. The van der Waals surface area contributed by atoms with Crippen LogP contribution in [0.5, 0.6) is 0 Å². The van der Waals surface area contributed by atoms with Crippen LogP contribution in [0.1, 0.15) is 110 Å². The van der Waals surface area contributed by atoms with E-state index in [0.717, 1.165) is 24.8 Å². The van der Waals surface area contributed by atoms with Crippen LogP contribution in [0.25, 0.3) is 0 Å². The topological polar surface area (TPSA) is 32.8 Å². The van der Waals surface area contributed by atoms with E-state index in [1.807, 2.05) is 0 Å². The fourth-order valence-corrected chi connectivity index (χ4v) is 8.58. The number of nitrogens with zero attached hydrogens (tertiary/aromatic N) is 2. The molecule has 0 N–H and O–H groups in total. The Morgan fingerprint density at radius 2 is 1.29 bits per heavy atom. The number of hydrogen-bond donors (Lipinski definition) is 0. The first-order chi connectivity index (χ1) is 16.6. The fraction of sp³-hybridized carbons (Fsp3) is 0.967. The van der Waals surface area contributed by atoms with E-state index in [9.17, 15) is 4.79 Å². The molecule has 5 heterocycles. The standard InChI is InChI=1S/C30H52N2O2/c1-22-20-32-19-11-15-25-13-7-5-8-16-26-28-24(14-10-18-31(28)21-23(2)29(26)33)12-6-3-4-9-17-27(22)34-30(25)32/h22-28,30H,3-21H2,1-2H3. The van der Waals surface area contributed by atoms with Gasteiger partial charge in [-0.2, -0.15) is 0 Å². The summed E-state index contributed by atoms with van der Waals surface area (Å²) in [6, 6.07) is 0.553. The minimum Gasteiger partial charge on any atom is -0.359 e. The third kappa shape index (κ3) is 5.59. The lowest BCUT2D eigenvalue weighted by Crippen LogP contribution is -2.58. The smallest absolute Gasteiger partial charge is 0.141 e. The molecule has 0 saturated carbocycles. The molecule has 4 heteroatoms. The molecule has 0 aromatic heterocycles. The number of carbonyl (C=O) groups is 1. The lowest BCUT2D eigenvalue weighted by atomic mass is 9.70. The first kappa shape index (κ1) is 25.2. The Balaban J connectivity index is 1.26. The predicted molar refractivity (Wildman–Crippen MR) is 139 cm³/mol. The number of hydrogen-bond acceptors (Lipinski definition) is 4. The summed E-state index contributed by atoms with van der Waals surface area (Å²) in [5, 5.41) is 0. The Kier molecular flexibility index (Phi) is 8.70. The van der Waals surface area contributed by atoms with Gasteiger partial charge in [-0.25, -0.2) is 0 Å². The monoisotopic (exact) mass is 472 g/mol. The molecule has 0 radical (unpaired) electrons. The number of ether oxygens (including phenoxy) is 1. The van der Waals surface area contributed by atoms with Gasteiger partial charge >= 0.3 is 0 Å². The Bertz CT molecular complexity index is 668. The van der Waals surface area contributed by atoms with Gasteiger partial charge in [0.2, 0.25) is 0 Å². The average Bonchev–Trinajstić information content (AvgIpc) is 2.83. The summed E-state index contributed by atoms with van der Waals surface area (Å²) in [6.45, 7) is 9.35. The van der Waals surface area contributed by atoms with E-state index in [4.69, 9.17) is 4.74 Å². The van der Waals surface area contributed by atoms with Crippen molar-refractivity contribution in [2.75, 3.05) is 26.2 Å². The minimum absolute atomic E-state index is 0.241. The first-order valence-corrected chi connectivity index (χ1v) is 15.3. The van der Waals surface area contributed by atoms with Crippen LogP contribution in [0.15, 0.2) is 0 Å². The number of rotatable bonds is 0. The second-order valence-corrected chi connectivity index (χ2v) is 12.9. The zero-order valence-corrected chi connectivity index (χ0v) is 22.3. The molecule has 0 amide bonds. The number of ketones is 1. The highest BCUT2D eigenvalue weighted by atomic mass is 16.5. The molecule has 2 bridgehead atoms. The molecule has 0 aromatic carbocycles. The molecular formula is C30H52N2O2. The molecule has 5 rings (SSSR count). The number of piperidine rings is 3. The van der Waals surface area contributed by atoms with Gasteiger partial charge in [0.25, 0.3) is 0 Å². The summed E-state index contributed by atoms with van der Waals surface area (Å²) in [7, 11) is 0. The first-order valence-electron chi connectivity index (χ1n) is 15.3. The Morgan fingerprint density at radius 1 is 0.676 bits per heavy atom. The van der Waals surface area contributed by atoms with E-state index in [2.05, 4.69) is 23.6 Å². The van der Waals surface area contributed by atoms with Gasteiger partial charge in [0, 0.05) is 37.5 Å². The highest BCUT2D eigenvalue weighted by Gasteiger charge is 2.45. The Hall–Kier alpha value is -0.450. The van der Waals surface area contributed by atoms with E-state index in [1.54, 1.807) is 0 Å². The maximum atomic E-state index is 13.4. The van der Waals surface area contributed by atoms with Crippen LogP contribution in [-0.4, -0.2) is 60.1 Å². The van der Waals surface area contributed by atoms with Crippen molar-refractivity contribution in [2.24, 2.45) is 29.6 Å². The maximum absolute atomic E-state index is 13.4. The highest BCUT2D eigenvalue weighted by Crippen LogP contribution is 2.40. The van der Waals surface area contributed by atoms with Crippen molar-refractivity contribution < 1.29 is 9.53 Å². The van der Waals surface area contributed by atoms with Crippen LogP contribution in [0.3, 0.4) is 0 Å². The Labute approximate surface area is 209 Å². The molecule has 34 heavy (non-hydrogen) atoms. The van der Waals surface area contributed by atoms with Crippen LogP contribution < -0.4 is 0 Å². The largest absolute Gasteiger partial charge is 0.359 e. The van der Waals surface area contributed by atoms with Gasteiger partial charge in [0.05, 0.1) is 6.10 Å². The predicted octanol–water partition coefficient (Wildman–Crippen LogP) is 6.28. The Morgan fingerprint density at radius 3 is 2.12 bits per heavy atom. The van der Waals surface area contributed by atoms with Gasteiger partial charge in [-0.1, -0.05) is 58.8 Å². The summed E-state index contributed by atoms with van der Waals surface area (Å²) in [5.41, 5.74) is 0. The molecule has 0 aliphatic carbocycles. The van der Waals surface area contributed by atoms with Crippen LogP contribution in [0, 0.1) is 29.6 Å². The summed E-state index contributed by atoms with van der Waals surface area (Å²) in [5.74, 6) is 3.30. The van der Waals surface area contributed by atoms with E-state index in [1.165, 1.54) is 110 Å². The number of Topliss-reactive ketones (excluding diaryl/α,β-unsaturated/α-hetero) is 1. The molecule has 0 spiro atoms. The highest BCUT2D eigenvalue weighted by molar-refractivity contribution is 5.85. The molecular weight excluding hydrogens is 420 g/mol. The summed E-state index contributed by atoms with van der Waals surface area (Å²) in [6.07, 6.45) is 20.5. The van der Waals surface area contributed by atoms with E-state index in [-0.39, 0.29) is 5.92 Å². The van der Waals surface area contributed by atoms with E-state index < -0.39 is 0 Å². The third-order valence-corrected chi connectivity index (χ3v) is 10.4. The molecule has 5 saturated heterocycles. The van der Waals surface area contributed by atoms with Crippen molar-refractivity contribution in [3.63, 3.8) is 0 Å². The quantitative estimate of drug-likeness (QED) is 0.415. The van der Waals surface area contributed by atoms with Gasteiger partial charge < -0.3 is 4.74 Å². The normalized spacial score (nSPS) is 44.0. The van der Waals surface area contributed by atoms with Crippen LogP contribution in [0.2, 0.25) is 0 Å². The average molecular weight is 473 g/mol. The summed E-state index contributed by atoms with van der Waals surface area (Å²) < 4.78 is 6.84. The lowest BCUT2D eigenvalue weighted by molar-refractivity contribution is -0.201. The van der Waals surface area contributed by atoms with Gasteiger partial charge in [-0.05, 0) is 75.7 Å². The van der Waals surface area contributed by atoms with Crippen molar-refractivity contribution in [2.45, 2.75) is 129 Å². The molecule has 0 aromatic rings. The molecule has 8 atom stereocenters. The van der Waals surface area contributed by atoms with E-state index in [0.29, 0.717) is 36.0 Å². The van der Waals surface area contributed by atoms with Crippen LogP contribution in [0.4, 0.5) is 0 Å². The van der Waals surface area contributed by atoms with E-state index >= 15 is 0 Å². The third-order valence-electron chi connectivity index (χ3n) is 10.4. The van der Waals surface area contributed by atoms with Crippen molar-refractivity contribution in [1.29, 1.82) is 0 Å². The second-order valence-electron chi connectivity index (χ2n) is 12.9. The van der Waals surface area contributed by atoms with Crippen LogP contribution in [-0.2, 0) is 9.53 Å². The maximum Gasteiger partial charge on any atom is 0.141 e. The van der Waals surface area contributed by atoms with Crippen molar-refractivity contribution >= 4 is 5.78 Å². The van der Waals surface area contributed by atoms with Gasteiger partial charge in [-0.15, -0.1) is 0 Å². The fourth-order valence-electron chi connectivity index (χ4n) is 8.58. The van der Waals surface area contributed by atoms with Gasteiger partial charge in [0.1, 0.15) is 12.0 Å². The zero-order chi connectivity index (χ0) is 23.5. The van der Waals surface area contributed by atoms with Crippen molar-refractivity contribution in [1.82, 2.24) is 9.80 Å². The molecule has 5 fully saturated rings. The number of carbonyl (C=O) groups excluding carboxylic acids is 1. The van der Waals surface area contributed by atoms with Gasteiger partial charge in [0.15, 0.2) is 0 Å². The van der Waals surface area contributed by atoms with Crippen molar-refractivity contribution in [3.8, 4) is 0 Å².